The van der Waals surface area contributed by atoms with E-state index in [1.165, 1.54) is 10.1 Å². The predicted molar refractivity (Wildman–Crippen MR) is 60.7 cm³/mol. The molecule has 1 aromatic carbocycles. The third-order valence-corrected chi connectivity index (χ3v) is 4.49. The van der Waals surface area contributed by atoms with Crippen LogP contribution in [0.4, 0.5) is 0 Å². The van der Waals surface area contributed by atoms with Crippen LogP contribution in [0.5, 0.6) is 0 Å². The van der Waals surface area contributed by atoms with Crippen molar-refractivity contribution in [1.29, 1.82) is 0 Å². The van der Waals surface area contributed by atoms with Crippen LogP contribution in [-0.4, -0.2) is 19.5 Å². The van der Waals surface area contributed by atoms with E-state index in [0.717, 1.165) is 5.69 Å². The Morgan fingerprint density at radius 1 is 1.14 bits per heavy atom. The van der Waals surface area contributed by atoms with E-state index >= 15 is 0 Å². The predicted octanol–water partition coefficient (Wildman–Crippen LogP) is 2.93. The molecule has 72 valence electrons. The van der Waals surface area contributed by atoms with Gasteiger partial charge in [-0.1, -0.05) is 0 Å². The molecule has 2 aromatic rings. The molecule has 0 aliphatic carbocycles. The molecule has 0 fully saturated rings. The van der Waals surface area contributed by atoms with E-state index in [4.69, 9.17) is 0 Å². The number of rotatable bonds is 2. The molecular weight excluding hydrogens is 237 g/mol. The topological polar surface area (TPSA) is 12.9 Å². The van der Waals surface area contributed by atoms with Gasteiger partial charge >= 0.3 is 90.4 Å². The second-order valence-corrected chi connectivity index (χ2v) is 5.46. The molecular formula is C12H13NSe. The van der Waals surface area contributed by atoms with Gasteiger partial charge in [-0.05, 0) is 0 Å². The summed E-state index contributed by atoms with van der Waals surface area (Å²) in [4.78, 5) is 6.94. The average molecular weight is 250 g/mol. The fourth-order valence-corrected chi connectivity index (χ4v) is 3.07. The summed E-state index contributed by atoms with van der Waals surface area (Å²) in [5, 5.41) is 0. The number of hydrogen-bond acceptors (Lipinski definition) is 1. The Balaban J connectivity index is 2.34. The first-order chi connectivity index (χ1) is 6.77. The van der Waals surface area contributed by atoms with Crippen molar-refractivity contribution in [2.45, 2.75) is 19.8 Å². The summed E-state index contributed by atoms with van der Waals surface area (Å²) in [6, 6.07) is 10.4. The summed E-state index contributed by atoms with van der Waals surface area (Å²) in [7, 11) is 0. The van der Waals surface area contributed by atoms with Crippen molar-refractivity contribution in [3.05, 3.63) is 39.8 Å². The van der Waals surface area contributed by atoms with Gasteiger partial charge in [0.15, 0.2) is 0 Å². The van der Waals surface area contributed by atoms with E-state index < -0.39 is 0 Å². The molecule has 1 aromatic heterocycles. The second-order valence-electron chi connectivity index (χ2n) is 3.59. The van der Waals surface area contributed by atoms with E-state index in [-0.39, 0.29) is 0 Å². The van der Waals surface area contributed by atoms with Crippen molar-refractivity contribution >= 4 is 14.5 Å². The molecule has 0 aliphatic heterocycles. The van der Waals surface area contributed by atoms with Gasteiger partial charge in [0.25, 0.3) is 0 Å². The molecule has 0 bridgehead atoms. The molecule has 1 heterocycles. The minimum absolute atomic E-state index is 0.472. The average Bonchev–Trinajstić information content (AvgIpc) is 2.68. The number of nitrogens with zero attached hydrogens (tertiary/aromatic N) is 1. The van der Waals surface area contributed by atoms with Crippen molar-refractivity contribution < 1.29 is 0 Å². The van der Waals surface area contributed by atoms with Crippen LogP contribution in [0.25, 0.3) is 11.3 Å². The van der Waals surface area contributed by atoms with Crippen molar-refractivity contribution in [2.75, 3.05) is 0 Å². The first-order valence-electron chi connectivity index (χ1n) is 4.78. The first-order valence-corrected chi connectivity index (χ1v) is 6.63. The van der Waals surface area contributed by atoms with Crippen molar-refractivity contribution in [3.63, 3.8) is 0 Å². The zero-order valence-electron chi connectivity index (χ0n) is 8.40. The van der Waals surface area contributed by atoms with Crippen LogP contribution in [0.3, 0.4) is 0 Å². The van der Waals surface area contributed by atoms with E-state index in [9.17, 15) is 0 Å². The molecule has 0 unspecified atom stereocenters. The van der Waals surface area contributed by atoms with Gasteiger partial charge in [0.2, 0.25) is 0 Å². The van der Waals surface area contributed by atoms with Gasteiger partial charge in [-0.2, -0.15) is 0 Å². The first kappa shape index (κ1) is 9.69. The normalized spacial score (nSPS) is 10.8. The number of benzene rings is 1. The molecule has 0 aliphatic rings. The van der Waals surface area contributed by atoms with Gasteiger partial charge in [0.05, 0.1) is 0 Å². The molecule has 1 nitrogen and oxygen atoms in total. The Kier molecular flexibility index (Phi) is 2.85. The van der Waals surface area contributed by atoms with Crippen LogP contribution in [0.2, 0.25) is 0 Å². The van der Waals surface area contributed by atoms with Crippen molar-refractivity contribution in [2.24, 2.45) is 0 Å². The number of aromatic nitrogens is 1. The Morgan fingerprint density at radius 2 is 1.86 bits per heavy atom. The van der Waals surface area contributed by atoms with E-state index in [2.05, 4.69) is 48.0 Å². The molecule has 0 spiro atoms. The monoisotopic (exact) mass is 251 g/mol. The summed E-state index contributed by atoms with van der Waals surface area (Å²) >= 11 is 0.472. The van der Waals surface area contributed by atoms with Crippen LogP contribution >= 0.6 is 0 Å². The molecule has 0 radical (unpaired) electrons. The summed E-state index contributed by atoms with van der Waals surface area (Å²) in [5.41, 5.74) is 2.40. The van der Waals surface area contributed by atoms with Crippen LogP contribution < -0.4 is 0 Å². The van der Waals surface area contributed by atoms with Crippen molar-refractivity contribution in [3.8, 4) is 11.3 Å². The third-order valence-electron chi connectivity index (χ3n) is 2.09. The van der Waals surface area contributed by atoms with Gasteiger partial charge in [0.1, 0.15) is 0 Å². The second kappa shape index (κ2) is 4.12. The van der Waals surface area contributed by atoms with E-state index in [1.807, 2.05) is 6.07 Å². The van der Waals surface area contributed by atoms with E-state index in [1.54, 1.807) is 0 Å². The van der Waals surface area contributed by atoms with Crippen LogP contribution in [-0.2, 0) is 0 Å². The van der Waals surface area contributed by atoms with E-state index in [0.29, 0.717) is 20.4 Å². The zero-order chi connectivity index (χ0) is 9.97. The molecule has 0 saturated carbocycles. The fraction of sp³-hybridized carbons (Fsp3) is 0.250. The van der Waals surface area contributed by atoms with Crippen LogP contribution in [0.1, 0.15) is 24.3 Å². The quantitative estimate of drug-likeness (QED) is 0.747. The molecule has 14 heavy (non-hydrogen) atoms. The summed E-state index contributed by atoms with van der Waals surface area (Å²) < 4.78 is 1.36. The zero-order valence-corrected chi connectivity index (χ0v) is 10.1. The van der Waals surface area contributed by atoms with Crippen LogP contribution in [0, 0.1) is 0 Å². The maximum atomic E-state index is 4.66. The Morgan fingerprint density at radius 3 is 2.43 bits per heavy atom. The maximum absolute atomic E-state index is 4.66. The van der Waals surface area contributed by atoms with Gasteiger partial charge in [-0.3, -0.25) is 0 Å². The Hall–Kier alpha value is -0.851. The molecule has 0 amide bonds. The third kappa shape index (κ3) is 1.97. The standard InChI is InChI=1S/C12H13NSe/c1-9(2)12-13-11(8-14-12)10-6-4-3-5-7-10/h3-9H,1-2H3. The number of hydrogen-bond donors (Lipinski definition) is 0. The van der Waals surface area contributed by atoms with Gasteiger partial charge in [-0.15, -0.1) is 0 Å². The Bertz CT molecular complexity index is 403. The summed E-state index contributed by atoms with van der Waals surface area (Å²) in [6.45, 7) is 4.42. The van der Waals surface area contributed by atoms with Gasteiger partial charge in [0, 0.05) is 0 Å². The van der Waals surface area contributed by atoms with Gasteiger partial charge < -0.3 is 0 Å². The molecule has 0 N–H and O–H groups in total. The van der Waals surface area contributed by atoms with Gasteiger partial charge in [-0.25, -0.2) is 0 Å². The minimum atomic E-state index is 0.472. The Labute approximate surface area is 90.6 Å². The van der Waals surface area contributed by atoms with Crippen LogP contribution in [0.15, 0.2) is 35.3 Å². The molecule has 2 heteroatoms. The summed E-state index contributed by atoms with van der Waals surface area (Å²) in [5.74, 6) is 0.590. The van der Waals surface area contributed by atoms with Crippen molar-refractivity contribution in [1.82, 2.24) is 4.98 Å². The SMILES string of the molecule is CC(C)c1nc(-c2ccccc2)c[se]1. The molecule has 0 saturated heterocycles. The summed E-state index contributed by atoms with van der Waals surface area (Å²) in [6.07, 6.45) is 0. The molecule has 0 atom stereocenters. The fourth-order valence-electron chi connectivity index (χ4n) is 1.29. The molecule has 2 rings (SSSR count).